The highest BCUT2D eigenvalue weighted by atomic mass is 79.9. The molecule has 0 aromatic heterocycles. The Morgan fingerprint density at radius 1 is 1.44 bits per heavy atom. The Morgan fingerprint density at radius 2 is 2.11 bits per heavy atom. The van der Waals surface area contributed by atoms with Crippen LogP contribution in [0.3, 0.4) is 0 Å². The Labute approximate surface area is 115 Å². The van der Waals surface area contributed by atoms with Crippen LogP contribution in [0, 0.1) is 6.92 Å². The average Bonchev–Trinajstić information content (AvgIpc) is 2.30. The monoisotopic (exact) mass is 313 g/mol. The number of rotatable bonds is 5. The third-order valence-corrected chi connectivity index (χ3v) is 2.91. The molecule has 5 heteroatoms. The minimum Gasteiger partial charge on any atom is -0.492 e. The van der Waals surface area contributed by atoms with Crippen molar-refractivity contribution in [1.82, 2.24) is 4.90 Å². The molecule has 0 bridgehead atoms. The van der Waals surface area contributed by atoms with Crippen molar-refractivity contribution in [1.29, 1.82) is 0 Å². The van der Waals surface area contributed by atoms with Crippen molar-refractivity contribution in [2.75, 3.05) is 20.7 Å². The van der Waals surface area contributed by atoms with E-state index in [0.717, 1.165) is 16.3 Å². The Balaban J connectivity index is 2.73. The fourth-order valence-corrected chi connectivity index (χ4v) is 2.09. The molecule has 0 aliphatic heterocycles. The second-order valence-corrected chi connectivity index (χ2v) is 5.06. The highest BCUT2D eigenvalue weighted by Crippen LogP contribution is 2.26. The molecule has 0 atom stereocenters. The van der Waals surface area contributed by atoms with Crippen molar-refractivity contribution in [3.8, 4) is 5.75 Å². The van der Waals surface area contributed by atoms with Crippen molar-refractivity contribution in [2.24, 2.45) is 0 Å². The van der Waals surface area contributed by atoms with E-state index in [9.17, 15) is 9.59 Å². The molecule has 0 spiro atoms. The number of amides is 1. The van der Waals surface area contributed by atoms with Crippen LogP contribution < -0.4 is 4.74 Å². The summed E-state index contributed by atoms with van der Waals surface area (Å²) in [6.07, 6.45) is 1.04. The van der Waals surface area contributed by atoms with Gasteiger partial charge in [0.2, 0.25) is 5.91 Å². The van der Waals surface area contributed by atoms with Gasteiger partial charge in [-0.05, 0) is 24.6 Å². The molecular formula is C13H16BrNO3. The molecule has 0 fully saturated rings. The highest BCUT2D eigenvalue weighted by Gasteiger charge is 2.10. The summed E-state index contributed by atoms with van der Waals surface area (Å²) in [5, 5.41) is 0. The molecule has 1 amide bonds. The van der Waals surface area contributed by atoms with Crippen LogP contribution in [0.4, 0.5) is 0 Å². The van der Waals surface area contributed by atoms with Gasteiger partial charge in [0.1, 0.15) is 5.75 Å². The fourth-order valence-electron chi connectivity index (χ4n) is 1.50. The number of hydrogen-bond donors (Lipinski definition) is 0. The van der Waals surface area contributed by atoms with E-state index < -0.39 is 0 Å². The van der Waals surface area contributed by atoms with Gasteiger partial charge in [-0.3, -0.25) is 9.59 Å². The number of benzene rings is 1. The van der Waals surface area contributed by atoms with E-state index >= 15 is 0 Å². The quantitative estimate of drug-likeness (QED) is 0.784. The van der Waals surface area contributed by atoms with E-state index in [4.69, 9.17) is 4.74 Å². The number of carbonyl (C=O) groups excluding carboxylic acids is 2. The topological polar surface area (TPSA) is 46.6 Å². The van der Waals surface area contributed by atoms with Crippen LogP contribution in [0.1, 0.15) is 22.3 Å². The minimum absolute atomic E-state index is 0.00239. The molecule has 1 rings (SSSR count). The lowest BCUT2D eigenvalue weighted by molar-refractivity contribution is -0.129. The lowest BCUT2D eigenvalue weighted by Gasteiger charge is -2.13. The third-order valence-electron chi connectivity index (χ3n) is 2.46. The molecule has 4 nitrogen and oxygen atoms in total. The van der Waals surface area contributed by atoms with Gasteiger partial charge in [0.15, 0.2) is 6.29 Å². The molecule has 0 saturated carbocycles. The summed E-state index contributed by atoms with van der Waals surface area (Å²) < 4.78 is 6.37. The Morgan fingerprint density at radius 3 is 2.67 bits per heavy atom. The number of aldehydes is 1. The van der Waals surface area contributed by atoms with Crippen LogP contribution in [-0.4, -0.2) is 37.8 Å². The fraction of sp³-hybridized carbons (Fsp3) is 0.385. The van der Waals surface area contributed by atoms with Gasteiger partial charge >= 0.3 is 0 Å². The van der Waals surface area contributed by atoms with Crippen LogP contribution >= 0.6 is 15.9 Å². The maximum Gasteiger partial charge on any atom is 0.225 e. The lowest BCUT2D eigenvalue weighted by Crippen LogP contribution is -2.23. The SMILES string of the molecule is Cc1cc(Br)cc(C=O)c1OCCC(=O)N(C)C. The zero-order valence-electron chi connectivity index (χ0n) is 10.7. The number of ether oxygens (including phenoxy) is 1. The van der Waals surface area contributed by atoms with Crippen molar-refractivity contribution < 1.29 is 14.3 Å². The van der Waals surface area contributed by atoms with E-state index in [0.29, 0.717) is 17.7 Å². The molecule has 0 radical (unpaired) electrons. The van der Waals surface area contributed by atoms with Crippen LogP contribution in [0.15, 0.2) is 16.6 Å². The summed E-state index contributed by atoms with van der Waals surface area (Å²) in [7, 11) is 3.40. The van der Waals surface area contributed by atoms with Gasteiger partial charge in [-0.15, -0.1) is 0 Å². The highest BCUT2D eigenvalue weighted by molar-refractivity contribution is 9.10. The van der Waals surface area contributed by atoms with E-state index in [1.54, 1.807) is 20.2 Å². The summed E-state index contributed by atoms with van der Waals surface area (Å²) >= 11 is 3.32. The smallest absolute Gasteiger partial charge is 0.225 e. The molecule has 0 saturated heterocycles. The summed E-state index contributed by atoms with van der Waals surface area (Å²) in [6, 6.07) is 3.57. The van der Waals surface area contributed by atoms with Crippen molar-refractivity contribution in [2.45, 2.75) is 13.3 Å². The normalized spacial score (nSPS) is 10.0. The maximum atomic E-state index is 11.4. The maximum absolute atomic E-state index is 11.4. The van der Waals surface area contributed by atoms with E-state index in [1.807, 2.05) is 13.0 Å². The van der Waals surface area contributed by atoms with Gasteiger partial charge in [-0.2, -0.15) is 0 Å². The largest absolute Gasteiger partial charge is 0.492 e. The minimum atomic E-state index is -0.00239. The molecular weight excluding hydrogens is 298 g/mol. The van der Waals surface area contributed by atoms with Crippen molar-refractivity contribution >= 4 is 28.1 Å². The summed E-state index contributed by atoms with van der Waals surface area (Å²) in [4.78, 5) is 23.9. The predicted octanol–water partition coefficient (Wildman–Crippen LogP) is 2.43. The summed E-state index contributed by atoms with van der Waals surface area (Å²) in [6.45, 7) is 2.13. The van der Waals surface area contributed by atoms with Gasteiger partial charge < -0.3 is 9.64 Å². The number of halogens is 1. The number of aryl methyl sites for hydroxylation is 1. The second-order valence-electron chi connectivity index (χ2n) is 4.15. The van der Waals surface area contributed by atoms with Crippen LogP contribution in [0.5, 0.6) is 5.75 Å². The van der Waals surface area contributed by atoms with Crippen molar-refractivity contribution in [3.63, 3.8) is 0 Å². The number of hydrogen-bond acceptors (Lipinski definition) is 3. The zero-order valence-corrected chi connectivity index (χ0v) is 12.3. The Kier molecular flexibility index (Phi) is 5.34. The van der Waals surface area contributed by atoms with Crippen molar-refractivity contribution in [3.05, 3.63) is 27.7 Å². The van der Waals surface area contributed by atoms with Gasteiger partial charge in [-0.1, -0.05) is 15.9 Å². The first kappa shape index (κ1) is 14.7. The standard InChI is InChI=1S/C13H16BrNO3/c1-9-6-11(14)7-10(8-16)13(9)18-5-4-12(17)15(2)3/h6-8H,4-5H2,1-3H3. The third kappa shape index (κ3) is 3.84. The Hall–Kier alpha value is -1.36. The van der Waals surface area contributed by atoms with E-state index in [2.05, 4.69) is 15.9 Å². The first-order chi connectivity index (χ1) is 8.45. The Bertz CT molecular complexity index is 458. The van der Waals surface area contributed by atoms with E-state index in [-0.39, 0.29) is 12.5 Å². The van der Waals surface area contributed by atoms with E-state index in [1.165, 1.54) is 4.90 Å². The molecule has 0 aliphatic rings. The molecule has 1 aromatic carbocycles. The lowest BCUT2D eigenvalue weighted by atomic mass is 10.1. The molecule has 0 heterocycles. The van der Waals surface area contributed by atoms with Crippen LogP contribution in [0.2, 0.25) is 0 Å². The first-order valence-corrected chi connectivity index (χ1v) is 6.33. The summed E-state index contributed by atoms with van der Waals surface area (Å²) in [5.74, 6) is 0.539. The molecule has 98 valence electrons. The zero-order chi connectivity index (χ0) is 13.7. The molecule has 0 N–H and O–H groups in total. The van der Waals surface area contributed by atoms with Crippen LogP contribution in [-0.2, 0) is 4.79 Å². The predicted molar refractivity (Wildman–Crippen MR) is 73.1 cm³/mol. The molecule has 18 heavy (non-hydrogen) atoms. The van der Waals surface area contributed by atoms with Gasteiger partial charge in [0.25, 0.3) is 0 Å². The number of carbonyl (C=O) groups is 2. The second kappa shape index (κ2) is 6.54. The van der Waals surface area contributed by atoms with Gasteiger partial charge in [0.05, 0.1) is 18.6 Å². The van der Waals surface area contributed by atoms with Gasteiger partial charge in [-0.25, -0.2) is 0 Å². The van der Waals surface area contributed by atoms with Gasteiger partial charge in [0, 0.05) is 18.6 Å². The molecule has 1 aromatic rings. The average molecular weight is 314 g/mol. The summed E-state index contributed by atoms with van der Waals surface area (Å²) in [5.41, 5.74) is 1.35. The molecule has 0 unspecified atom stereocenters. The molecule has 0 aliphatic carbocycles. The number of nitrogens with zero attached hydrogens (tertiary/aromatic N) is 1. The first-order valence-electron chi connectivity index (χ1n) is 5.54. The van der Waals surface area contributed by atoms with Crippen LogP contribution in [0.25, 0.3) is 0 Å².